The third-order valence-electron chi connectivity index (χ3n) is 4.71. The molecule has 3 aliphatic heterocycles. The minimum absolute atomic E-state index is 0. The second kappa shape index (κ2) is 7.21. The van der Waals surface area contributed by atoms with E-state index >= 15 is 0 Å². The summed E-state index contributed by atoms with van der Waals surface area (Å²) >= 11 is 1.37. The lowest BCUT2D eigenvalue weighted by atomic mass is 9.84. The average molecular weight is 376 g/mol. The summed E-state index contributed by atoms with van der Waals surface area (Å²) in [6.45, 7) is 3.19. The number of aromatic nitrogens is 1. The predicted octanol–water partition coefficient (Wildman–Crippen LogP) is 2.26. The number of aromatic amines is 1. The first kappa shape index (κ1) is 18.3. The molecule has 1 atom stereocenters. The SMILES string of the molecule is Cl.Cl.O=C(N[C@H]1CN2CCC1CC2)c1c[nH]c2ccsc2c1=O. The van der Waals surface area contributed by atoms with Gasteiger partial charge in [0.25, 0.3) is 5.91 Å². The molecule has 0 unspecified atom stereocenters. The molecule has 2 aromatic heterocycles. The van der Waals surface area contributed by atoms with Crippen LogP contribution < -0.4 is 10.7 Å². The first-order valence-electron chi connectivity index (χ1n) is 7.34. The van der Waals surface area contributed by atoms with Crippen LogP contribution in [0.3, 0.4) is 0 Å². The maximum Gasteiger partial charge on any atom is 0.257 e. The number of thiophene rings is 1. The minimum Gasteiger partial charge on any atom is -0.359 e. The van der Waals surface area contributed by atoms with Gasteiger partial charge in [-0.25, -0.2) is 0 Å². The highest BCUT2D eigenvalue weighted by molar-refractivity contribution is 7.17. The van der Waals surface area contributed by atoms with Crippen molar-refractivity contribution in [2.75, 3.05) is 19.6 Å². The van der Waals surface area contributed by atoms with Gasteiger partial charge in [-0.1, -0.05) is 0 Å². The van der Waals surface area contributed by atoms with Gasteiger partial charge in [-0.2, -0.15) is 0 Å². The van der Waals surface area contributed by atoms with Crippen molar-refractivity contribution in [1.82, 2.24) is 15.2 Å². The number of hydrogen-bond acceptors (Lipinski definition) is 4. The second-order valence-electron chi connectivity index (χ2n) is 5.91. The van der Waals surface area contributed by atoms with E-state index in [0.29, 0.717) is 10.6 Å². The number of pyridine rings is 1. The van der Waals surface area contributed by atoms with Crippen LogP contribution in [0.1, 0.15) is 23.2 Å². The molecule has 0 saturated carbocycles. The van der Waals surface area contributed by atoms with E-state index in [4.69, 9.17) is 0 Å². The molecule has 8 heteroatoms. The number of rotatable bonds is 2. The van der Waals surface area contributed by atoms with E-state index < -0.39 is 0 Å². The van der Waals surface area contributed by atoms with Crippen molar-refractivity contribution < 1.29 is 4.79 Å². The zero-order chi connectivity index (χ0) is 14.4. The fraction of sp³-hybridized carbons (Fsp3) is 0.467. The lowest BCUT2D eigenvalue weighted by Crippen LogP contribution is -2.57. The Balaban J connectivity index is 0.000000960. The number of halogens is 2. The normalized spacial score (nSPS) is 25.5. The topological polar surface area (TPSA) is 65.2 Å². The molecule has 3 aliphatic rings. The number of amides is 1. The molecular formula is C15H19Cl2N3O2S. The van der Waals surface area contributed by atoms with Crippen molar-refractivity contribution in [3.63, 3.8) is 0 Å². The van der Waals surface area contributed by atoms with Crippen molar-refractivity contribution in [2.45, 2.75) is 18.9 Å². The molecule has 2 aromatic rings. The number of nitrogens with zero attached hydrogens (tertiary/aromatic N) is 1. The van der Waals surface area contributed by atoms with Gasteiger partial charge in [-0.05, 0) is 43.3 Å². The first-order valence-corrected chi connectivity index (χ1v) is 8.22. The van der Waals surface area contributed by atoms with Gasteiger partial charge in [-0.3, -0.25) is 9.59 Å². The summed E-state index contributed by atoms with van der Waals surface area (Å²) in [6, 6.07) is 2.04. The smallest absolute Gasteiger partial charge is 0.257 e. The lowest BCUT2D eigenvalue weighted by Gasteiger charge is -2.44. The summed E-state index contributed by atoms with van der Waals surface area (Å²) < 4.78 is 0.622. The Morgan fingerprint density at radius 3 is 2.70 bits per heavy atom. The van der Waals surface area contributed by atoms with Crippen LogP contribution in [0.25, 0.3) is 10.2 Å². The fourth-order valence-electron chi connectivity index (χ4n) is 3.48. The summed E-state index contributed by atoms with van der Waals surface area (Å²) in [7, 11) is 0. The number of hydrogen-bond donors (Lipinski definition) is 2. The molecule has 2 N–H and O–H groups in total. The Labute approximate surface area is 150 Å². The number of carbonyl (C=O) groups excluding carboxylic acids is 1. The molecule has 0 radical (unpaired) electrons. The van der Waals surface area contributed by atoms with Crippen molar-refractivity contribution in [3.8, 4) is 0 Å². The number of piperidine rings is 3. The van der Waals surface area contributed by atoms with E-state index in [1.165, 1.54) is 17.5 Å². The molecule has 0 aromatic carbocycles. The molecule has 0 aliphatic carbocycles. The molecule has 1 amide bonds. The monoisotopic (exact) mass is 375 g/mol. The predicted molar refractivity (Wildman–Crippen MR) is 97.4 cm³/mol. The number of carbonyl (C=O) groups is 1. The molecule has 5 rings (SSSR count). The summed E-state index contributed by atoms with van der Waals surface area (Å²) in [5, 5.41) is 4.93. The Bertz CT molecular complexity index is 753. The Kier molecular flexibility index (Phi) is 5.73. The standard InChI is InChI=1S/C15H17N3O2S.2ClH/c19-13-10(7-16-11-3-6-21-14(11)13)15(20)17-12-8-18-4-1-9(12)2-5-18;;/h3,6-7,9,12H,1-2,4-5,8H2,(H,16,19)(H,17,20);2*1H/t12-;;/m0../s1. The molecule has 2 bridgehead atoms. The van der Waals surface area contributed by atoms with Crippen LogP contribution in [0.2, 0.25) is 0 Å². The molecule has 0 spiro atoms. The molecule has 3 fully saturated rings. The minimum atomic E-state index is -0.245. The van der Waals surface area contributed by atoms with E-state index in [0.717, 1.165) is 38.0 Å². The number of nitrogens with one attached hydrogen (secondary N) is 2. The fourth-order valence-corrected chi connectivity index (χ4v) is 4.29. The van der Waals surface area contributed by atoms with Crippen LogP contribution >= 0.6 is 36.2 Å². The lowest BCUT2D eigenvalue weighted by molar-refractivity contribution is 0.0620. The van der Waals surface area contributed by atoms with Gasteiger partial charge in [0, 0.05) is 18.8 Å². The van der Waals surface area contributed by atoms with Gasteiger partial charge < -0.3 is 15.2 Å². The zero-order valence-corrected chi connectivity index (χ0v) is 14.9. The summed E-state index contributed by atoms with van der Waals surface area (Å²) in [5.41, 5.74) is 0.850. The maximum atomic E-state index is 12.4. The summed E-state index contributed by atoms with van der Waals surface area (Å²) in [5.74, 6) is 0.314. The third-order valence-corrected chi connectivity index (χ3v) is 5.62. The Morgan fingerprint density at radius 2 is 2.04 bits per heavy atom. The van der Waals surface area contributed by atoms with E-state index in [2.05, 4.69) is 15.2 Å². The van der Waals surface area contributed by atoms with Crippen LogP contribution in [0.5, 0.6) is 0 Å². The molecule has 5 nitrogen and oxygen atoms in total. The van der Waals surface area contributed by atoms with Gasteiger partial charge in [0.1, 0.15) is 5.56 Å². The average Bonchev–Trinajstić information content (AvgIpc) is 2.98. The van der Waals surface area contributed by atoms with Crippen LogP contribution in [0, 0.1) is 5.92 Å². The molecule has 126 valence electrons. The Morgan fingerprint density at radius 1 is 1.30 bits per heavy atom. The third kappa shape index (κ3) is 3.26. The van der Waals surface area contributed by atoms with E-state index in [1.807, 2.05) is 11.4 Å². The largest absolute Gasteiger partial charge is 0.359 e. The highest BCUT2D eigenvalue weighted by Gasteiger charge is 2.35. The highest BCUT2D eigenvalue weighted by atomic mass is 35.5. The van der Waals surface area contributed by atoms with Crippen LogP contribution in [-0.4, -0.2) is 41.5 Å². The number of fused-ring (bicyclic) bond motifs is 4. The van der Waals surface area contributed by atoms with Gasteiger partial charge in [-0.15, -0.1) is 36.2 Å². The van der Waals surface area contributed by atoms with Crippen molar-refractivity contribution >= 4 is 52.3 Å². The van der Waals surface area contributed by atoms with E-state index in [9.17, 15) is 9.59 Å². The van der Waals surface area contributed by atoms with Crippen molar-refractivity contribution in [2.24, 2.45) is 5.92 Å². The molecule has 23 heavy (non-hydrogen) atoms. The maximum absolute atomic E-state index is 12.4. The van der Waals surface area contributed by atoms with Crippen LogP contribution in [0.15, 0.2) is 22.4 Å². The number of H-pyrrole nitrogens is 1. The van der Waals surface area contributed by atoms with Crippen molar-refractivity contribution in [1.29, 1.82) is 0 Å². The first-order chi connectivity index (χ1) is 10.2. The Hall–Kier alpha value is -1.08. The second-order valence-corrected chi connectivity index (χ2v) is 6.83. The van der Waals surface area contributed by atoms with Gasteiger partial charge >= 0.3 is 0 Å². The van der Waals surface area contributed by atoms with E-state index in [1.54, 1.807) is 0 Å². The quantitative estimate of drug-likeness (QED) is 0.845. The molecule has 3 saturated heterocycles. The van der Waals surface area contributed by atoms with Crippen LogP contribution in [0.4, 0.5) is 0 Å². The zero-order valence-electron chi connectivity index (χ0n) is 12.4. The summed E-state index contributed by atoms with van der Waals surface area (Å²) in [6.07, 6.45) is 3.82. The van der Waals surface area contributed by atoms with E-state index in [-0.39, 0.29) is 47.8 Å². The van der Waals surface area contributed by atoms with Gasteiger partial charge in [0.05, 0.1) is 10.2 Å². The van der Waals surface area contributed by atoms with Gasteiger partial charge in [0.2, 0.25) is 5.43 Å². The summed E-state index contributed by atoms with van der Waals surface area (Å²) in [4.78, 5) is 30.2. The molecule has 5 heterocycles. The molecular weight excluding hydrogens is 357 g/mol. The van der Waals surface area contributed by atoms with Gasteiger partial charge in [0.15, 0.2) is 0 Å². The van der Waals surface area contributed by atoms with Crippen LogP contribution in [-0.2, 0) is 0 Å². The van der Waals surface area contributed by atoms with Crippen molar-refractivity contribution in [3.05, 3.63) is 33.4 Å². The highest BCUT2D eigenvalue weighted by Crippen LogP contribution is 2.27.